The molecule has 0 bridgehead atoms. The Hall–Kier alpha value is -1.31. The molecule has 0 aliphatic carbocycles. The summed E-state index contributed by atoms with van der Waals surface area (Å²) in [5, 5.41) is 0.964. The van der Waals surface area contributed by atoms with Gasteiger partial charge < -0.3 is 14.2 Å². The minimum Gasteiger partial charge on any atom is -0.448 e. The van der Waals surface area contributed by atoms with E-state index in [-0.39, 0.29) is 18.5 Å². The summed E-state index contributed by atoms with van der Waals surface area (Å²) in [5.74, 6) is -0.524. The van der Waals surface area contributed by atoms with Crippen molar-refractivity contribution in [3.8, 4) is 0 Å². The van der Waals surface area contributed by atoms with E-state index in [0.29, 0.717) is 16.7 Å². The van der Waals surface area contributed by atoms with E-state index in [1.54, 1.807) is 24.3 Å². The van der Waals surface area contributed by atoms with Gasteiger partial charge in [0.15, 0.2) is 11.6 Å². The number of halogens is 3. The van der Waals surface area contributed by atoms with Crippen LogP contribution in [-0.2, 0) is 32.2 Å². The third kappa shape index (κ3) is 6.59. The average molecular weight is 459 g/mol. The third-order valence-electron chi connectivity index (χ3n) is 4.35. The molecule has 0 saturated carbocycles. The second-order valence-electron chi connectivity index (χ2n) is 6.64. The van der Waals surface area contributed by atoms with E-state index in [4.69, 9.17) is 37.4 Å². The first kappa shape index (κ1) is 22.4. The van der Waals surface area contributed by atoms with Gasteiger partial charge in [-0.3, -0.25) is 4.79 Å². The lowest BCUT2D eigenvalue weighted by molar-refractivity contribution is -0.146. The molecule has 0 aromatic heterocycles. The molecule has 156 valence electrons. The predicted molar refractivity (Wildman–Crippen MR) is 113 cm³/mol. The molecule has 1 unspecified atom stereocenters. The van der Waals surface area contributed by atoms with Crippen LogP contribution in [0, 0.1) is 0 Å². The molecule has 0 radical (unpaired) electrons. The second-order valence-corrected chi connectivity index (χ2v) is 8.86. The Kier molecular flexibility index (Phi) is 8.21. The number of carbonyl (C=O) groups is 1. The van der Waals surface area contributed by atoms with Gasteiger partial charge in [-0.25, -0.2) is 4.39 Å². The van der Waals surface area contributed by atoms with Crippen LogP contribution in [0.5, 0.6) is 0 Å². The number of alkyl halides is 1. The summed E-state index contributed by atoms with van der Waals surface area (Å²) in [5.41, 5.74) is 0.930. The number of ether oxygens (including phenoxy) is 3. The van der Waals surface area contributed by atoms with Crippen LogP contribution in [0.3, 0.4) is 0 Å². The first-order valence-corrected chi connectivity index (χ1v) is 10.8. The Bertz CT molecular complexity index is 803. The van der Waals surface area contributed by atoms with Crippen molar-refractivity contribution in [2.45, 2.75) is 43.1 Å². The Morgan fingerprint density at radius 1 is 1.00 bits per heavy atom. The van der Waals surface area contributed by atoms with Crippen molar-refractivity contribution in [2.75, 3.05) is 6.61 Å². The van der Waals surface area contributed by atoms with Gasteiger partial charge in [0.05, 0.1) is 25.1 Å². The molecule has 0 spiro atoms. The zero-order chi connectivity index (χ0) is 20.8. The fourth-order valence-corrected chi connectivity index (χ4v) is 4.57. The highest BCUT2D eigenvalue weighted by atomic mass is 35.5. The average Bonchev–Trinajstić information content (AvgIpc) is 2.97. The van der Waals surface area contributed by atoms with Gasteiger partial charge in [-0.05, 0) is 35.4 Å². The van der Waals surface area contributed by atoms with Gasteiger partial charge in [-0.2, -0.15) is 0 Å². The van der Waals surface area contributed by atoms with Crippen LogP contribution in [0.1, 0.15) is 18.1 Å². The van der Waals surface area contributed by atoms with Crippen LogP contribution < -0.4 is 0 Å². The number of esters is 1. The molecule has 1 saturated heterocycles. The minimum atomic E-state index is -1.44. The lowest BCUT2D eigenvalue weighted by atomic mass is 10.1. The smallest absolute Gasteiger partial charge is 0.303 e. The fourth-order valence-electron chi connectivity index (χ4n) is 2.92. The summed E-state index contributed by atoms with van der Waals surface area (Å²) < 4.78 is 31.7. The highest BCUT2D eigenvalue weighted by molar-refractivity contribution is 8.00. The zero-order valence-electron chi connectivity index (χ0n) is 15.7. The number of hydrogen-bond acceptors (Lipinski definition) is 5. The highest BCUT2D eigenvalue weighted by Crippen LogP contribution is 2.39. The molecule has 0 amide bonds. The first-order chi connectivity index (χ1) is 13.9. The Morgan fingerprint density at radius 2 is 1.55 bits per heavy atom. The van der Waals surface area contributed by atoms with Gasteiger partial charge in [0, 0.05) is 17.0 Å². The summed E-state index contributed by atoms with van der Waals surface area (Å²) >= 11 is 13.0. The number of thioether (sulfide) groups is 1. The van der Waals surface area contributed by atoms with Crippen molar-refractivity contribution in [2.24, 2.45) is 0 Å². The Morgan fingerprint density at radius 3 is 2.10 bits per heavy atom. The van der Waals surface area contributed by atoms with Gasteiger partial charge in [0.1, 0.15) is 6.10 Å². The van der Waals surface area contributed by atoms with E-state index < -0.39 is 23.7 Å². The fraction of sp³-hybridized carbons (Fsp3) is 0.381. The van der Waals surface area contributed by atoms with Crippen molar-refractivity contribution < 1.29 is 23.4 Å². The summed E-state index contributed by atoms with van der Waals surface area (Å²) in [7, 11) is 0. The molecule has 0 N–H and O–H groups in total. The largest absolute Gasteiger partial charge is 0.448 e. The lowest BCUT2D eigenvalue weighted by Gasteiger charge is -2.21. The van der Waals surface area contributed by atoms with Gasteiger partial charge >= 0.3 is 5.97 Å². The lowest BCUT2D eigenvalue weighted by Crippen LogP contribution is -2.35. The molecule has 3 rings (SSSR count). The summed E-state index contributed by atoms with van der Waals surface area (Å²) in [6, 6.07) is 14.5. The maximum Gasteiger partial charge on any atom is 0.303 e. The standard InChI is InChI=1S/C21H21Cl2FO4S/c1-13(25)28-21-19(24)20(27-11-15-4-8-17(23)9-5-15)18(29-21)12-26-10-14-2-6-16(22)7-3-14/h2-9,18-21H,10-12H2,1H3/t18-,19-,20-,21?/m1/s1. The van der Waals surface area contributed by atoms with Crippen molar-refractivity contribution in [3.05, 3.63) is 69.7 Å². The summed E-state index contributed by atoms with van der Waals surface area (Å²) in [6.45, 7) is 2.12. The molecular formula is C21H21Cl2FO4S. The van der Waals surface area contributed by atoms with Gasteiger partial charge in [-0.15, -0.1) is 11.8 Å². The zero-order valence-corrected chi connectivity index (χ0v) is 18.1. The predicted octanol–water partition coefficient (Wildman–Crippen LogP) is 5.44. The molecule has 2 aromatic rings. The second kappa shape index (κ2) is 10.6. The van der Waals surface area contributed by atoms with E-state index in [2.05, 4.69) is 0 Å². The van der Waals surface area contributed by atoms with E-state index in [1.165, 1.54) is 18.7 Å². The van der Waals surface area contributed by atoms with Crippen molar-refractivity contribution >= 4 is 40.9 Å². The Labute approximate surface area is 183 Å². The van der Waals surface area contributed by atoms with Gasteiger partial charge in [-0.1, -0.05) is 47.5 Å². The molecule has 1 aliphatic heterocycles. The van der Waals surface area contributed by atoms with Crippen LogP contribution in [-0.4, -0.2) is 35.5 Å². The number of benzene rings is 2. The van der Waals surface area contributed by atoms with Crippen molar-refractivity contribution in [1.82, 2.24) is 0 Å². The molecule has 1 heterocycles. The van der Waals surface area contributed by atoms with E-state index in [9.17, 15) is 9.18 Å². The van der Waals surface area contributed by atoms with Crippen LogP contribution in [0.15, 0.2) is 48.5 Å². The van der Waals surface area contributed by atoms with E-state index in [0.717, 1.165) is 11.1 Å². The first-order valence-electron chi connectivity index (χ1n) is 9.07. The molecule has 4 nitrogen and oxygen atoms in total. The number of carbonyl (C=O) groups excluding carboxylic acids is 1. The molecule has 4 atom stereocenters. The molecule has 1 fully saturated rings. The van der Waals surface area contributed by atoms with E-state index in [1.807, 2.05) is 24.3 Å². The normalized spacial score (nSPS) is 23.9. The third-order valence-corrected chi connectivity index (χ3v) is 6.23. The van der Waals surface area contributed by atoms with Crippen LogP contribution in [0.2, 0.25) is 10.0 Å². The van der Waals surface area contributed by atoms with Crippen LogP contribution >= 0.6 is 35.0 Å². The molecule has 1 aliphatic rings. The quantitative estimate of drug-likeness (QED) is 0.492. The minimum absolute atomic E-state index is 0.225. The number of hydrogen-bond donors (Lipinski definition) is 0. The molecule has 2 aromatic carbocycles. The monoisotopic (exact) mass is 458 g/mol. The Balaban J connectivity index is 1.60. The van der Waals surface area contributed by atoms with Gasteiger partial charge in [0.25, 0.3) is 0 Å². The van der Waals surface area contributed by atoms with Crippen LogP contribution in [0.25, 0.3) is 0 Å². The maximum absolute atomic E-state index is 14.9. The van der Waals surface area contributed by atoms with E-state index >= 15 is 0 Å². The highest BCUT2D eigenvalue weighted by Gasteiger charge is 2.47. The summed E-state index contributed by atoms with van der Waals surface area (Å²) in [6.07, 6.45) is -2.20. The molecule has 8 heteroatoms. The molecular weight excluding hydrogens is 438 g/mol. The SMILES string of the molecule is CC(=O)OC1S[C@H](COCc2ccc(Cl)cc2)[C@@H](OCc2ccc(Cl)cc2)[C@H]1F. The molecule has 29 heavy (non-hydrogen) atoms. The van der Waals surface area contributed by atoms with Crippen molar-refractivity contribution in [1.29, 1.82) is 0 Å². The van der Waals surface area contributed by atoms with Gasteiger partial charge in [0.2, 0.25) is 0 Å². The maximum atomic E-state index is 14.9. The topological polar surface area (TPSA) is 44.8 Å². The number of rotatable bonds is 8. The van der Waals surface area contributed by atoms with Crippen LogP contribution in [0.4, 0.5) is 4.39 Å². The van der Waals surface area contributed by atoms with Crippen molar-refractivity contribution in [3.63, 3.8) is 0 Å². The summed E-state index contributed by atoms with van der Waals surface area (Å²) in [4.78, 5) is 11.3.